The first-order valence-corrected chi connectivity index (χ1v) is 5.89. The first kappa shape index (κ1) is 12.7. The second-order valence-corrected chi connectivity index (χ2v) is 4.23. The molecule has 8 nitrogen and oxygen atoms in total. The fraction of sp³-hybridized carbons (Fsp3) is 0. The van der Waals surface area contributed by atoms with Gasteiger partial charge in [-0.1, -0.05) is 24.3 Å². The summed E-state index contributed by atoms with van der Waals surface area (Å²) >= 11 is 0. The van der Waals surface area contributed by atoms with Crippen LogP contribution in [0.5, 0.6) is 0 Å². The topological polar surface area (TPSA) is 111 Å². The Hall–Kier alpha value is -3.29. The summed E-state index contributed by atoms with van der Waals surface area (Å²) in [6.07, 6.45) is 2.59. The van der Waals surface area contributed by atoms with Crippen LogP contribution >= 0.6 is 0 Å². The molecule has 1 N–H and O–H groups in total. The molecule has 0 bridgehead atoms. The lowest BCUT2D eigenvalue weighted by atomic mass is 10.1. The van der Waals surface area contributed by atoms with Gasteiger partial charge in [0.05, 0.1) is 4.92 Å². The molecule has 0 fully saturated rings. The number of carboxylic acid groups (broad SMARTS) is 1. The molecular weight excluding hydrogens is 276 g/mol. The van der Waals surface area contributed by atoms with Gasteiger partial charge in [0.1, 0.15) is 6.20 Å². The summed E-state index contributed by atoms with van der Waals surface area (Å²) in [5.41, 5.74) is -1.19. The highest BCUT2D eigenvalue weighted by atomic mass is 16.6. The van der Waals surface area contributed by atoms with E-state index in [9.17, 15) is 14.9 Å². The Kier molecular flexibility index (Phi) is 2.83. The van der Waals surface area contributed by atoms with Crippen LogP contribution in [0.4, 0.5) is 5.69 Å². The van der Waals surface area contributed by atoms with Crippen LogP contribution in [-0.4, -0.2) is 30.8 Å². The van der Waals surface area contributed by atoms with Gasteiger partial charge in [0.2, 0.25) is 5.69 Å². The van der Waals surface area contributed by atoms with Crippen molar-refractivity contribution in [3.63, 3.8) is 0 Å². The molecule has 8 heteroatoms. The van der Waals surface area contributed by atoms with E-state index in [4.69, 9.17) is 5.11 Å². The van der Waals surface area contributed by atoms with Crippen LogP contribution in [0.15, 0.2) is 42.7 Å². The van der Waals surface area contributed by atoms with E-state index in [0.29, 0.717) is 11.2 Å². The molecular formula is C13H8N4O4. The Morgan fingerprint density at radius 3 is 2.71 bits per heavy atom. The first-order valence-electron chi connectivity index (χ1n) is 5.89. The van der Waals surface area contributed by atoms with Gasteiger partial charge in [0.15, 0.2) is 5.82 Å². The lowest BCUT2D eigenvalue weighted by Crippen LogP contribution is -2.04. The van der Waals surface area contributed by atoms with Gasteiger partial charge in [0, 0.05) is 11.6 Å². The molecule has 0 spiro atoms. The zero-order valence-corrected chi connectivity index (χ0v) is 10.5. The van der Waals surface area contributed by atoms with Crippen LogP contribution in [0.3, 0.4) is 0 Å². The van der Waals surface area contributed by atoms with Crippen molar-refractivity contribution >= 4 is 22.4 Å². The second-order valence-electron chi connectivity index (χ2n) is 4.23. The summed E-state index contributed by atoms with van der Waals surface area (Å²) in [5.74, 6) is -1.12. The number of aromatic carboxylic acids is 1. The molecule has 2 heterocycles. The van der Waals surface area contributed by atoms with Crippen molar-refractivity contribution in [2.24, 2.45) is 0 Å². The summed E-state index contributed by atoms with van der Waals surface area (Å²) in [6.45, 7) is 0. The number of benzene rings is 1. The SMILES string of the molecule is O=C(O)c1nn(-c2nccc3ccccc23)cc1[N+](=O)[O-]. The molecule has 0 atom stereocenters. The summed E-state index contributed by atoms with van der Waals surface area (Å²) in [4.78, 5) is 25.3. The Morgan fingerprint density at radius 2 is 2.05 bits per heavy atom. The predicted molar refractivity (Wildman–Crippen MR) is 72.5 cm³/mol. The van der Waals surface area contributed by atoms with Crippen LogP contribution in [-0.2, 0) is 0 Å². The maximum absolute atomic E-state index is 11.0. The number of pyridine rings is 1. The number of aromatic nitrogens is 3. The minimum atomic E-state index is -1.46. The fourth-order valence-electron chi connectivity index (χ4n) is 2.05. The van der Waals surface area contributed by atoms with Crippen molar-refractivity contribution in [2.45, 2.75) is 0 Å². The highest BCUT2D eigenvalue weighted by Crippen LogP contribution is 2.23. The number of hydrogen-bond acceptors (Lipinski definition) is 5. The average molecular weight is 284 g/mol. The normalized spacial score (nSPS) is 10.7. The van der Waals surface area contributed by atoms with Crippen molar-refractivity contribution in [1.29, 1.82) is 0 Å². The van der Waals surface area contributed by atoms with Crippen LogP contribution in [0.2, 0.25) is 0 Å². The fourth-order valence-corrected chi connectivity index (χ4v) is 2.05. The zero-order valence-electron chi connectivity index (χ0n) is 10.5. The maximum atomic E-state index is 11.0. The number of hydrogen-bond donors (Lipinski definition) is 1. The number of fused-ring (bicyclic) bond motifs is 1. The van der Waals surface area contributed by atoms with Gasteiger partial charge in [-0.25, -0.2) is 14.5 Å². The van der Waals surface area contributed by atoms with Crippen LogP contribution in [0.25, 0.3) is 16.6 Å². The number of carbonyl (C=O) groups is 1. The number of nitrogens with zero attached hydrogens (tertiary/aromatic N) is 4. The molecule has 0 aliphatic rings. The van der Waals surface area contributed by atoms with Gasteiger partial charge >= 0.3 is 11.7 Å². The molecule has 3 rings (SSSR count). The molecule has 21 heavy (non-hydrogen) atoms. The van der Waals surface area contributed by atoms with Crippen molar-refractivity contribution in [1.82, 2.24) is 14.8 Å². The zero-order chi connectivity index (χ0) is 15.0. The first-order chi connectivity index (χ1) is 10.1. The molecule has 0 saturated carbocycles. The van der Waals surface area contributed by atoms with E-state index in [2.05, 4.69) is 10.1 Å². The predicted octanol–water partition coefficient (Wildman–Crippen LogP) is 2.03. The minimum absolute atomic E-state index is 0.337. The molecule has 0 aliphatic carbocycles. The molecule has 0 aliphatic heterocycles. The van der Waals surface area contributed by atoms with E-state index >= 15 is 0 Å². The smallest absolute Gasteiger partial charge is 0.363 e. The van der Waals surface area contributed by atoms with E-state index in [1.165, 1.54) is 6.20 Å². The van der Waals surface area contributed by atoms with E-state index in [1.807, 2.05) is 12.1 Å². The largest absolute Gasteiger partial charge is 0.476 e. The molecule has 1 aromatic carbocycles. The lowest BCUT2D eigenvalue weighted by Gasteiger charge is -2.04. The lowest BCUT2D eigenvalue weighted by molar-refractivity contribution is -0.385. The Bertz CT molecular complexity index is 835. The average Bonchev–Trinajstić information content (AvgIpc) is 2.92. The number of rotatable bonds is 3. The highest BCUT2D eigenvalue weighted by molar-refractivity contribution is 5.91. The van der Waals surface area contributed by atoms with Gasteiger partial charge < -0.3 is 5.11 Å². The molecule has 104 valence electrons. The minimum Gasteiger partial charge on any atom is -0.476 e. The summed E-state index contributed by atoms with van der Waals surface area (Å²) in [7, 11) is 0. The second kappa shape index (κ2) is 4.67. The van der Waals surface area contributed by atoms with Gasteiger partial charge in [0.25, 0.3) is 0 Å². The van der Waals surface area contributed by atoms with Crippen molar-refractivity contribution in [2.75, 3.05) is 0 Å². The van der Waals surface area contributed by atoms with Crippen LogP contribution in [0.1, 0.15) is 10.5 Å². The third kappa shape index (κ3) is 2.08. The monoisotopic (exact) mass is 284 g/mol. The summed E-state index contributed by atoms with van der Waals surface area (Å²) < 4.78 is 1.12. The Balaban J connectivity index is 2.26. The van der Waals surface area contributed by atoms with Crippen molar-refractivity contribution in [3.05, 3.63) is 58.5 Å². The van der Waals surface area contributed by atoms with Crippen LogP contribution < -0.4 is 0 Å². The molecule has 0 amide bonds. The van der Waals surface area contributed by atoms with Gasteiger partial charge in [-0.05, 0) is 11.5 Å². The Morgan fingerprint density at radius 1 is 1.29 bits per heavy atom. The van der Waals surface area contributed by atoms with E-state index in [0.717, 1.165) is 16.3 Å². The standard InChI is InChI=1S/C13H8N4O4/c18-13(19)11-10(17(20)21)7-16(15-11)12-9-4-2-1-3-8(9)5-6-14-12/h1-7H,(H,18,19). The maximum Gasteiger partial charge on any atom is 0.363 e. The molecule has 0 radical (unpaired) electrons. The van der Waals surface area contributed by atoms with Gasteiger partial charge in [-0.15, -0.1) is 0 Å². The summed E-state index contributed by atoms with van der Waals surface area (Å²) in [6, 6.07) is 9.07. The number of carboxylic acids is 1. The van der Waals surface area contributed by atoms with Crippen molar-refractivity contribution < 1.29 is 14.8 Å². The quantitative estimate of drug-likeness (QED) is 0.581. The molecule has 0 unspecified atom stereocenters. The van der Waals surface area contributed by atoms with Crippen molar-refractivity contribution in [3.8, 4) is 5.82 Å². The number of nitro groups is 1. The van der Waals surface area contributed by atoms with Gasteiger partial charge in [-0.3, -0.25) is 10.1 Å². The van der Waals surface area contributed by atoms with E-state index in [-0.39, 0.29) is 0 Å². The highest BCUT2D eigenvalue weighted by Gasteiger charge is 2.26. The molecule has 2 aromatic heterocycles. The Labute approximate surface area is 117 Å². The third-order valence-electron chi connectivity index (χ3n) is 2.96. The van der Waals surface area contributed by atoms with Gasteiger partial charge in [-0.2, -0.15) is 5.10 Å². The van der Waals surface area contributed by atoms with Crippen LogP contribution in [0, 0.1) is 10.1 Å². The molecule has 0 saturated heterocycles. The van der Waals surface area contributed by atoms with E-state index in [1.54, 1.807) is 18.2 Å². The van der Waals surface area contributed by atoms with E-state index < -0.39 is 22.3 Å². The third-order valence-corrected chi connectivity index (χ3v) is 2.96. The molecule has 3 aromatic rings. The summed E-state index contributed by atoms with van der Waals surface area (Å²) in [5, 5.41) is 25.2.